The molecular formula is C27H22F8O3. The Morgan fingerprint density at radius 3 is 1.71 bits per heavy atom. The van der Waals surface area contributed by atoms with Gasteiger partial charge < -0.3 is 9.47 Å². The van der Waals surface area contributed by atoms with Gasteiger partial charge in [-0.25, -0.2) is 8.78 Å². The van der Waals surface area contributed by atoms with Crippen molar-refractivity contribution in [3.8, 4) is 22.6 Å². The smallest absolute Gasteiger partial charge is 0.416 e. The van der Waals surface area contributed by atoms with Crippen LogP contribution in [-0.2, 0) is 21.9 Å². The predicted octanol–water partition coefficient (Wildman–Crippen LogP) is 8.76. The van der Waals surface area contributed by atoms with E-state index in [9.17, 15) is 39.9 Å². The van der Waals surface area contributed by atoms with E-state index < -0.39 is 52.6 Å². The average Bonchev–Trinajstić information content (AvgIpc) is 2.79. The summed E-state index contributed by atoms with van der Waals surface area (Å²) in [6.45, 7) is 3.60. The fourth-order valence-corrected chi connectivity index (χ4v) is 3.88. The zero-order valence-corrected chi connectivity index (χ0v) is 20.3. The lowest BCUT2D eigenvalue weighted by atomic mass is 9.88. The minimum atomic E-state index is -5.09. The molecule has 0 fully saturated rings. The molecule has 3 rings (SSSR count). The second kappa shape index (κ2) is 11.0. The zero-order chi connectivity index (χ0) is 28.4. The molecular weight excluding hydrogens is 524 g/mol. The Balaban J connectivity index is 2.27. The van der Waals surface area contributed by atoms with Gasteiger partial charge in [0.1, 0.15) is 23.1 Å². The minimum absolute atomic E-state index is 0.00367. The molecule has 3 nitrogen and oxygen atoms in total. The van der Waals surface area contributed by atoms with Crippen molar-refractivity contribution in [3.63, 3.8) is 0 Å². The highest BCUT2D eigenvalue weighted by atomic mass is 19.4. The number of benzene rings is 3. The molecule has 0 saturated heterocycles. The van der Waals surface area contributed by atoms with E-state index in [1.165, 1.54) is 12.1 Å². The lowest BCUT2D eigenvalue weighted by Gasteiger charge is -2.20. The first-order chi connectivity index (χ1) is 17.6. The van der Waals surface area contributed by atoms with Crippen LogP contribution in [0, 0.1) is 17.6 Å². The molecule has 0 heterocycles. The van der Waals surface area contributed by atoms with Gasteiger partial charge in [-0.05, 0) is 59.4 Å². The number of carbonyl (C=O) groups excluding carboxylic acids is 1. The molecule has 0 aliphatic carbocycles. The first kappa shape index (κ1) is 28.9. The van der Waals surface area contributed by atoms with E-state index in [0.29, 0.717) is 18.2 Å². The van der Waals surface area contributed by atoms with Crippen molar-refractivity contribution < 1.29 is 49.4 Å². The second-order valence-electron chi connectivity index (χ2n) is 9.00. The minimum Gasteiger partial charge on any atom is -0.469 e. The number of esters is 1. The highest BCUT2D eigenvalue weighted by Crippen LogP contribution is 2.41. The monoisotopic (exact) mass is 546 g/mol. The second-order valence-corrected chi connectivity index (χ2v) is 9.00. The molecule has 0 aliphatic rings. The van der Waals surface area contributed by atoms with E-state index in [0.717, 1.165) is 25.3 Å². The number of hydrogen-bond acceptors (Lipinski definition) is 3. The summed E-state index contributed by atoms with van der Waals surface area (Å²) in [4.78, 5) is 12.6. The molecule has 38 heavy (non-hydrogen) atoms. The maximum atomic E-state index is 13.7. The van der Waals surface area contributed by atoms with Gasteiger partial charge in [0.15, 0.2) is 0 Å². The molecule has 0 saturated carbocycles. The van der Waals surface area contributed by atoms with Gasteiger partial charge in [0.25, 0.3) is 0 Å². The van der Waals surface area contributed by atoms with Gasteiger partial charge in [-0.15, -0.1) is 0 Å². The summed E-state index contributed by atoms with van der Waals surface area (Å²) in [5.41, 5.74) is -3.51. The van der Waals surface area contributed by atoms with Crippen LogP contribution in [0.4, 0.5) is 35.1 Å². The van der Waals surface area contributed by atoms with Crippen LogP contribution in [0.1, 0.15) is 42.9 Å². The number of ether oxygens (including phenoxy) is 2. The Labute approximate surface area is 213 Å². The van der Waals surface area contributed by atoms with E-state index in [-0.39, 0.29) is 41.0 Å². The maximum Gasteiger partial charge on any atom is 0.416 e. The molecule has 11 heteroatoms. The van der Waals surface area contributed by atoms with Gasteiger partial charge in [0, 0.05) is 18.2 Å². The summed E-state index contributed by atoms with van der Waals surface area (Å²) in [6.07, 6.45) is -9.95. The van der Waals surface area contributed by atoms with Crippen molar-refractivity contribution in [2.75, 3.05) is 7.11 Å². The van der Waals surface area contributed by atoms with Crippen LogP contribution >= 0.6 is 0 Å². The summed E-state index contributed by atoms with van der Waals surface area (Å²) >= 11 is 0. The third-order valence-electron chi connectivity index (χ3n) is 5.52. The highest BCUT2D eigenvalue weighted by molar-refractivity contribution is 5.80. The topological polar surface area (TPSA) is 35.5 Å². The lowest BCUT2D eigenvalue weighted by Crippen LogP contribution is -2.16. The molecule has 0 bridgehead atoms. The summed E-state index contributed by atoms with van der Waals surface area (Å²) in [6, 6.07) is 7.03. The molecule has 0 aromatic heterocycles. The number of alkyl halides is 6. The standard InChI is InChI=1S/C27H22F8O3/c1-14(2)4-24(25(36)37-3)17-5-15(8-22(9-17)38-23-12-20(28)11-21(29)13-23)16-6-18(26(30,31)32)10-19(7-16)27(33,34)35/h5-14,24H,4H2,1-3H3. The largest absolute Gasteiger partial charge is 0.469 e. The van der Waals surface area contributed by atoms with Crippen molar-refractivity contribution in [1.29, 1.82) is 0 Å². The normalized spacial score (nSPS) is 12.9. The first-order valence-corrected chi connectivity index (χ1v) is 11.2. The molecule has 0 radical (unpaired) electrons. The first-order valence-electron chi connectivity index (χ1n) is 11.2. The Hall–Kier alpha value is -3.63. The number of carbonyl (C=O) groups is 1. The molecule has 0 amide bonds. The number of hydrogen-bond donors (Lipinski definition) is 0. The summed E-state index contributed by atoms with van der Waals surface area (Å²) in [5, 5.41) is 0. The van der Waals surface area contributed by atoms with Crippen molar-refractivity contribution in [1.82, 2.24) is 0 Å². The van der Waals surface area contributed by atoms with Gasteiger partial charge in [0.2, 0.25) is 0 Å². The van der Waals surface area contributed by atoms with Crippen molar-refractivity contribution in [2.45, 2.75) is 38.5 Å². The fraction of sp³-hybridized carbons (Fsp3) is 0.296. The molecule has 0 N–H and O–H groups in total. The highest BCUT2D eigenvalue weighted by Gasteiger charge is 2.37. The van der Waals surface area contributed by atoms with Gasteiger partial charge in [-0.2, -0.15) is 26.3 Å². The Kier molecular flexibility index (Phi) is 8.38. The Bertz CT molecular complexity index is 1260. The molecule has 1 atom stereocenters. The van der Waals surface area contributed by atoms with Gasteiger partial charge >= 0.3 is 18.3 Å². The number of halogens is 8. The van der Waals surface area contributed by atoms with Crippen LogP contribution in [0.5, 0.6) is 11.5 Å². The molecule has 3 aromatic rings. The Morgan fingerprint density at radius 2 is 1.24 bits per heavy atom. The van der Waals surface area contributed by atoms with E-state index in [1.54, 1.807) is 13.8 Å². The molecule has 0 aliphatic heterocycles. The van der Waals surface area contributed by atoms with Crippen LogP contribution in [0.25, 0.3) is 11.1 Å². The maximum absolute atomic E-state index is 13.7. The quantitative estimate of drug-likeness (QED) is 0.220. The van der Waals surface area contributed by atoms with E-state index in [4.69, 9.17) is 9.47 Å². The van der Waals surface area contributed by atoms with Crippen LogP contribution < -0.4 is 4.74 Å². The van der Waals surface area contributed by atoms with E-state index in [1.807, 2.05) is 0 Å². The number of rotatable bonds is 7. The summed E-state index contributed by atoms with van der Waals surface area (Å²) in [7, 11) is 1.13. The average molecular weight is 546 g/mol. The van der Waals surface area contributed by atoms with Gasteiger partial charge in [-0.1, -0.05) is 19.9 Å². The molecule has 3 aromatic carbocycles. The fourth-order valence-electron chi connectivity index (χ4n) is 3.88. The third kappa shape index (κ3) is 7.23. The Morgan fingerprint density at radius 1 is 0.737 bits per heavy atom. The van der Waals surface area contributed by atoms with E-state index >= 15 is 0 Å². The summed E-state index contributed by atoms with van der Waals surface area (Å²) in [5.74, 6) is -4.16. The zero-order valence-electron chi connectivity index (χ0n) is 20.3. The van der Waals surface area contributed by atoms with Crippen LogP contribution in [0.2, 0.25) is 0 Å². The van der Waals surface area contributed by atoms with Crippen LogP contribution in [0.15, 0.2) is 54.6 Å². The van der Waals surface area contributed by atoms with Crippen molar-refractivity contribution >= 4 is 5.97 Å². The molecule has 0 spiro atoms. The molecule has 204 valence electrons. The van der Waals surface area contributed by atoms with Crippen LogP contribution in [-0.4, -0.2) is 13.1 Å². The lowest BCUT2D eigenvalue weighted by molar-refractivity contribution is -0.144. The van der Waals surface area contributed by atoms with Crippen LogP contribution in [0.3, 0.4) is 0 Å². The molecule has 1 unspecified atom stereocenters. The summed E-state index contributed by atoms with van der Waals surface area (Å²) < 4.78 is 119. The predicted molar refractivity (Wildman–Crippen MR) is 123 cm³/mol. The van der Waals surface area contributed by atoms with Crippen molar-refractivity contribution in [2.24, 2.45) is 5.92 Å². The third-order valence-corrected chi connectivity index (χ3v) is 5.52. The van der Waals surface area contributed by atoms with Gasteiger partial charge in [-0.3, -0.25) is 4.79 Å². The van der Waals surface area contributed by atoms with Crippen molar-refractivity contribution in [3.05, 3.63) is 82.9 Å². The SMILES string of the molecule is COC(=O)C(CC(C)C)c1cc(Oc2cc(F)cc(F)c2)cc(-c2cc(C(F)(F)F)cc(C(F)(F)F)c2)c1. The van der Waals surface area contributed by atoms with Gasteiger partial charge in [0.05, 0.1) is 24.2 Å². The number of methoxy groups -OCH3 is 1. The van der Waals surface area contributed by atoms with E-state index in [2.05, 4.69) is 0 Å².